The van der Waals surface area contributed by atoms with Crippen molar-refractivity contribution in [3.8, 4) is 0 Å². The number of aromatic nitrogens is 1. The molecule has 2 heterocycles. The van der Waals surface area contributed by atoms with Gasteiger partial charge in [0.05, 0.1) is 10.6 Å². The minimum atomic E-state index is -3.89. The van der Waals surface area contributed by atoms with E-state index < -0.39 is 34.4 Å². The Labute approximate surface area is 191 Å². The lowest BCUT2D eigenvalue weighted by atomic mass is 10.0. The number of piperidine rings is 1. The molecule has 0 radical (unpaired) electrons. The molecule has 1 aliphatic rings. The third-order valence-electron chi connectivity index (χ3n) is 5.17. The Hall–Kier alpha value is -2.69. The fourth-order valence-corrected chi connectivity index (χ4v) is 5.57. The Balaban J connectivity index is 1.66. The third-order valence-corrected chi connectivity index (χ3v) is 7.51. The molecule has 1 aromatic heterocycles. The molecular formula is C21H24ClN3O6S. The van der Waals surface area contributed by atoms with Gasteiger partial charge in [-0.3, -0.25) is 14.9 Å². The Bertz CT molecular complexity index is 1140. The van der Waals surface area contributed by atoms with Crippen molar-refractivity contribution in [2.45, 2.75) is 24.7 Å². The Morgan fingerprint density at radius 2 is 2.00 bits per heavy atom. The minimum Gasteiger partial charge on any atom is -0.452 e. The molecule has 0 saturated carbocycles. The lowest BCUT2D eigenvalue weighted by Gasteiger charge is -2.30. The summed E-state index contributed by atoms with van der Waals surface area (Å²) >= 11 is 6.13. The number of aryl methyl sites for hydroxylation is 1. The van der Waals surface area contributed by atoms with Crippen LogP contribution in [0.3, 0.4) is 0 Å². The summed E-state index contributed by atoms with van der Waals surface area (Å²) in [7, 11) is -2.24. The maximum absolute atomic E-state index is 13.0. The zero-order chi connectivity index (χ0) is 23.5. The second kappa shape index (κ2) is 9.85. The van der Waals surface area contributed by atoms with Crippen molar-refractivity contribution < 1.29 is 27.5 Å². The zero-order valence-corrected chi connectivity index (χ0v) is 19.3. The Kier molecular flexibility index (Phi) is 7.37. The highest BCUT2D eigenvalue weighted by Gasteiger charge is 2.31. The quantitative estimate of drug-likeness (QED) is 0.632. The van der Waals surface area contributed by atoms with E-state index in [9.17, 15) is 22.8 Å². The fraction of sp³-hybridized carbons (Fsp3) is 0.381. The normalized spacial score (nSPS) is 17.0. The number of imide groups is 1. The van der Waals surface area contributed by atoms with Crippen LogP contribution in [-0.2, 0) is 26.6 Å². The number of rotatable bonds is 6. The highest BCUT2D eigenvalue weighted by Crippen LogP contribution is 2.29. The van der Waals surface area contributed by atoms with E-state index in [1.54, 1.807) is 19.3 Å². The molecule has 1 aliphatic heterocycles. The number of nitrogens with one attached hydrogen (secondary N) is 1. The van der Waals surface area contributed by atoms with E-state index in [1.165, 1.54) is 27.1 Å². The summed E-state index contributed by atoms with van der Waals surface area (Å²) in [4.78, 5) is 36.2. The monoisotopic (exact) mass is 481 g/mol. The molecule has 9 nitrogen and oxygen atoms in total. The van der Waals surface area contributed by atoms with Crippen LogP contribution in [-0.4, -0.2) is 54.8 Å². The van der Waals surface area contributed by atoms with Crippen LogP contribution in [0.2, 0.25) is 5.02 Å². The van der Waals surface area contributed by atoms with Crippen LogP contribution in [0.1, 0.15) is 40.6 Å². The minimum absolute atomic E-state index is 0.00863. The summed E-state index contributed by atoms with van der Waals surface area (Å²) in [6.45, 7) is 2.03. The van der Waals surface area contributed by atoms with Gasteiger partial charge in [-0.05, 0) is 49.1 Å². The number of halogens is 1. The number of carbonyl (C=O) groups excluding carboxylic acids is 3. The summed E-state index contributed by atoms with van der Waals surface area (Å²) in [5, 5.41) is 2.11. The van der Waals surface area contributed by atoms with Gasteiger partial charge in [0.1, 0.15) is 10.6 Å². The molecule has 1 N–H and O–H groups in total. The molecule has 2 amide bonds. The van der Waals surface area contributed by atoms with Crippen molar-refractivity contribution in [2.75, 3.05) is 19.7 Å². The first-order valence-electron chi connectivity index (χ1n) is 10.0. The molecule has 1 fully saturated rings. The van der Waals surface area contributed by atoms with E-state index in [0.717, 1.165) is 18.9 Å². The number of sulfonamides is 1. The lowest BCUT2D eigenvalue weighted by Crippen LogP contribution is -2.39. The first-order valence-corrected chi connectivity index (χ1v) is 11.8. The largest absolute Gasteiger partial charge is 0.452 e. The third kappa shape index (κ3) is 5.37. The number of hydrogen-bond acceptors (Lipinski definition) is 6. The van der Waals surface area contributed by atoms with Crippen molar-refractivity contribution in [3.63, 3.8) is 0 Å². The predicted molar refractivity (Wildman–Crippen MR) is 117 cm³/mol. The molecule has 172 valence electrons. The molecule has 2 aromatic rings. The first-order chi connectivity index (χ1) is 15.1. The maximum atomic E-state index is 13.0. The van der Waals surface area contributed by atoms with Crippen molar-refractivity contribution in [3.05, 3.63) is 52.8 Å². The maximum Gasteiger partial charge on any atom is 0.338 e. The van der Waals surface area contributed by atoms with E-state index in [0.29, 0.717) is 13.1 Å². The van der Waals surface area contributed by atoms with Crippen LogP contribution in [0.4, 0.5) is 0 Å². The topological polar surface area (TPSA) is 115 Å². The molecule has 1 atom stereocenters. The highest BCUT2D eigenvalue weighted by molar-refractivity contribution is 7.89. The van der Waals surface area contributed by atoms with Crippen molar-refractivity contribution in [1.82, 2.24) is 14.2 Å². The lowest BCUT2D eigenvalue weighted by molar-refractivity contribution is -0.123. The van der Waals surface area contributed by atoms with E-state index in [1.807, 2.05) is 6.92 Å². The van der Waals surface area contributed by atoms with E-state index in [4.69, 9.17) is 16.3 Å². The van der Waals surface area contributed by atoms with Crippen molar-refractivity contribution in [1.29, 1.82) is 0 Å². The molecule has 1 unspecified atom stereocenters. The van der Waals surface area contributed by atoms with E-state index >= 15 is 0 Å². The number of benzene rings is 1. The predicted octanol–water partition coefficient (Wildman–Crippen LogP) is 2.21. The van der Waals surface area contributed by atoms with Gasteiger partial charge in [-0.15, -0.1) is 0 Å². The molecule has 32 heavy (non-hydrogen) atoms. The molecule has 3 rings (SSSR count). The number of hydrogen-bond donors (Lipinski definition) is 1. The summed E-state index contributed by atoms with van der Waals surface area (Å²) in [5.74, 6) is -2.13. The summed E-state index contributed by atoms with van der Waals surface area (Å²) in [6.07, 6.45) is 3.34. The summed E-state index contributed by atoms with van der Waals surface area (Å²) < 4.78 is 33.9. The van der Waals surface area contributed by atoms with Gasteiger partial charge in [0.2, 0.25) is 10.0 Å². The van der Waals surface area contributed by atoms with Gasteiger partial charge in [0, 0.05) is 26.3 Å². The summed E-state index contributed by atoms with van der Waals surface area (Å²) in [5.41, 5.74) is 0.198. The highest BCUT2D eigenvalue weighted by atomic mass is 35.5. The molecule has 1 aromatic carbocycles. The van der Waals surface area contributed by atoms with Gasteiger partial charge < -0.3 is 9.30 Å². The van der Waals surface area contributed by atoms with Gasteiger partial charge in [-0.1, -0.05) is 18.5 Å². The van der Waals surface area contributed by atoms with E-state index in [-0.39, 0.29) is 27.1 Å². The zero-order valence-electron chi connectivity index (χ0n) is 17.7. The van der Waals surface area contributed by atoms with Gasteiger partial charge in [-0.25, -0.2) is 13.2 Å². The molecule has 0 bridgehead atoms. The van der Waals surface area contributed by atoms with Gasteiger partial charge in [0.25, 0.3) is 11.8 Å². The van der Waals surface area contributed by atoms with Crippen LogP contribution in [0, 0.1) is 5.92 Å². The number of esters is 1. The number of nitrogens with zero attached hydrogens (tertiary/aromatic N) is 2. The van der Waals surface area contributed by atoms with Crippen LogP contribution in [0.5, 0.6) is 0 Å². The second-order valence-corrected chi connectivity index (χ2v) is 10.0. The van der Waals surface area contributed by atoms with Crippen LogP contribution in [0.25, 0.3) is 0 Å². The molecule has 0 aliphatic carbocycles. The number of amides is 2. The molecular weight excluding hydrogens is 458 g/mol. The second-order valence-electron chi connectivity index (χ2n) is 7.71. The molecule has 11 heteroatoms. The van der Waals surface area contributed by atoms with Gasteiger partial charge in [-0.2, -0.15) is 4.31 Å². The molecule has 1 saturated heterocycles. The fourth-order valence-electron chi connectivity index (χ4n) is 3.47. The van der Waals surface area contributed by atoms with Gasteiger partial charge in [0.15, 0.2) is 6.61 Å². The molecule has 0 spiro atoms. The van der Waals surface area contributed by atoms with Crippen molar-refractivity contribution >= 4 is 39.4 Å². The van der Waals surface area contributed by atoms with Crippen LogP contribution in [0.15, 0.2) is 41.4 Å². The van der Waals surface area contributed by atoms with Crippen LogP contribution >= 0.6 is 11.6 Å². The Morgan fingerprint density at radius 1 is 1.25 bits per heavy atom. The van der Waals surface area contributed by atoms with Crippen LogP contribution < -0.4 is 5.32 Å². The number of carbonyl (C=O) groups is 3. The van der Waals surface area contributed by atoms with Gasteiger partial charge >= 0.3 is 5.97 Å². The summed E-state index contributed by atoms with van der Waals surface area (Å²) in [6, 6.07) is 6.95. The smallest absolute Gasteiger partial charge is 0.338 e. The average molecular weight is 482 g/mol. The number of ether oxygens (including phenoxy) is 1. The SMILES string of the molecule is CC1CCCN(S(=O)(=O)c2cc(C(=O)OCC(=O)NC(=O)c3cccn3C)ccc2Cl)C1. The first kappa shape index (κ1) is 24.0. The average Bonchev–Trinajstić information content (AvgIpc) is 3.18. The Morgan fingerprint density at radius 3 is 2.66 bits per heavy atom. The van der Waals surface area contributed by atoms with Crippen molar-refractivity contribution in [2.24, 2.45) is 13.0 Å². The standard InChI is InChI=1S/C21H24ClN3O6S/c1-14-5-3-10-25(12-14)32(29,30)18-11-15(7-8-16(18)22)21(28)31-13-19(26)23-20(27)17-6-4-9-24(17)2/h4,6-9,11,14H,3,5,10,12-13H2,1-2H3,(H,23,26,27). The van der Waals surface area contributed by atoms with E-state index in [2.05, 4.69) is 5.32 Å².